The van der Waals surface area contributed by atoms with Crippen molar-refractivity contribution in [3.8, 4) is 0 Å². The lowest BCUT2D eigenvalue weighted by molar-refractivity contribution is 0.00235. The molecule has 1 fully saturated rings. The molecular weight excluding hydrogens is 147 g/mol. The molecule has 0 aromatic heterocycles. The highest BCUT2D eigenvalue weighted by atomic mass is 19.1. The molecule has 4 atom stereocenters. The fourth-order valence-corrected chi connectivity index (χ4v) is 1.61. The molecular formula is C8H15FO2. The lowest BCUT2D eigenvalue weighted by Crippen LogP contribution is -2.24. The van der Waals surface area contributed by atoms with Crippen LogP contribution in [-0.2, 0) is 4.74 Å². The Morgan fingerprint density at radius 3 is 2.45 bits per heavy atom. The number of aliphatic hydroxyl groups is 1. The minimum atomic E-state index is -0.392. The van der Waals surface area contributed by atoms with Crippen molar-refractivity contribution in [1.82, 2.24) is 0 Å². The molecule has 11 heavy (non-hydrogen) atoms. The van der Waals surface area contributed by atoms with E-state index in [9.17, 15) is 4.39 Å². The maximum absolute atomic E-state index is 12.4. The van der Waals surface area contributed by atoms with E-state index in [-0.39, 0.29) is 30.7 Å². The summed E-state index contributed by atoms with van der Waals surface area (Å²) in [6.07, 6.45) is -0.210. The van der Waals surface area contributed by atoms with E-state index in [1.165, 1.54) is 0 Å². The van der Waals surface area contributed by atoms with Crippen LogP contribution < -0.4 is 0 Å². The number of rotatable bonds is 2. The first-order valence-corrected chi connectivity index (χ1v) is 4.03. The van der Waals surface area contributed by atoms with E-state index in [4.69, 9.17) is 9.84 Å². The van der Waals surface area contributed by atoms with Crippen molar-refractivity contribution in [1.29, 1.82) is 0 Å². The fourth-order valence-electron chi connectivity index (χ4n) is 1.61. The zero-order chi connectivity index (χ0) is 8.43. The number of alkyl halides is 1. The third kappa shape index (κ3) is 1.54. The van der Waals surface area contributed by atoms with Crippen LogP contribution in [0.25, 0.3) is 0 Å². The molecule has 0 amide bonds. The maximum Gasteiger partial charge on any atom is 0.0951 e. The van der Waals surface area contributed by atoms with Crippen molar-refractivity contribution < 1.29 is 14.2 Å². The van der Waals surface area contributed by atoms with Crippen LogP contribution in [0.4, 0.5) is 4.39 Å². The molecule has 1 N–H and O–H groups in total. The molecule has 1 saturated heterocycles. The van der Waals surface area contributed by atoms with Crippen molar-refractivity contribution >= 4 is 0 Å². The first kappa shape index (κ1) is 8.94. The summed E-state index contributed by atoms with van der Waals surface area (Å²) in [5.74, 6) is 0.104. The predicted molar refractivity (Wildman–Crippen MR) is 40.0 cm³/mol. The molecule has 0 spiro atoms. The zero-order valence-electron chi connectivity index (χ0n) is 6.96. The summed E-state index contributed by atoms with van der Waals surface area (Å²) in [7, 11) is 0. The Morgan fingerprint density at radius 2 is 2.09 bits per heavy atom. The number of hydrogen-bond donors (Lipinski definition) is 1. The Bertz CT molecular complexity index is 129. The third-order valence-corrected chi connectivity index (χ3v) is 2.64. The molecule has 3 heteroatoms. The highest BCUT2D eigenvalue weighted by Crippen LogP contribution is 2.32. The molecule has 1 aliphatic heterocycles. The monoisotopic (exact) mass is 162 g/mol. The van der Waals surface area contributed by atoms with Crippen LogP contribution in [0.15, 0.2) is 0 Å². The minimum absolute atomic E-state index is 0.0662. The average Bonchev–Trinajstić information content (AvgIpc) is 2.28. The highest BCUT2D eigenvalue weighted by molar-refractivity contribution is 4.85. The van der Waals surface area contributed by atoms with Gasteiger partial charge in [0.25, 0.3) is 0 Å². The Hall–Kier alpha value is -0.150. The van der Waals surface area contributed by atoms with Gasteiger partial charge in [0.1, 0.15) is 0 Å². The van der Waals surface area contributed by atoms with Gasteiger partial charge in [-0.05, 0) is 12.8 Å². The normalized spacial score (nSPS) is 44.7. The van der Waals surface area contributed by atoms with Gasteiger partial charge in [-0.15, -0.1) is 0 Å². The molecule has 0 unspecified atom stereocenters. The van der Waals surface area contributed by atoms with E-state index >= 15 is 0 Å². The third-order valence-electron chi connectivity index (χ3n) is 2.64. The van der Waals surface area contributed by atoms with Gasteiger partial charge >= 0.3 is 0 Å². The molecule has 0 aliphatic carbocycles. The smallest absolute Gasteiger partial charge is 0.0951 e. The summed E-state index contributed by atoms with van der Waals surface area (Å²) in [5.41, 5.74) is 0. The molecule has 0 saturated carbocycles. The average molecular weight is 162 g/mol. The Labute approximate surface area is 66.4 Å². The molecule has 1 heterocycles. The van der Waals surface area contributed by atoms with Crippen molar-refractivity contribution in [2.75, 3.05) is 13.3 Å². The van der Waals surface area contributed by atoms with Crippen molar-refractivity contribution in [3.63, 3.8) is 0 Å². The molecule has 1 aliphatic rings. The van der Waals surface area contributed by atoms with Crippen LogP contribution in [-0.4, -0.2) is 30.6 Å². The Kier molecular flexibility index (Phi) is 2.84. The van der Waals surface area contributed by atoms with Crippen LogP contribution in [0, 0.1) is 11.8 Å². The van der Waals surface area contributed by atoms with Crippen LogP contribution in [0.5, 0.6) is 0 Å². The van der Waals surface area contributed by atoms with Crippen LogP contribution in [0.2, 0.25) is 0 Å². The summed E-state index contributed by atoms with van der Waals surface area (Å²) >= 11 is 0. The SMILES string of the molecule is C[C@@H]1[C@H](CF)[C@@H](CO)O[C@H]1C. The molecule has 1 rings (SSSR count). The van der Waals surface area contributed by atoms with Crippen molar-refractivity contribution in [2.45, 2.75) is 26.1 Å². The minimum Gasteiger partial charge on any atom is -0.394 e. The van der Waals surface area contributed by atoms with E-state index < -0.39 is 6.67 Å². The number of hydrogen-bond acceptors (Lipinski definition) is 2. The van der Waals surface area contributed by atoms with Gasteiger partial charge in [0.05, 0.1) is 25.5 Å². The van der Waals surface area contributed by atoms with E-state index in [1.54, 1.807) is 0 Å². The van der Waals surface area contributed by atoms with E-state index in [1.807, 2.05) is 13.8 Å². The molecule has 2 nitrogen and oxygen atoms in total. The first-order chi connectivity index (χ1) is 5.20. The topological polar surface area (TPSA) is 29.5 Å². The standard InChI is InChI=1S/C8H15FO2/c1-5-6(2)11-8(4-10)7(5)3-9/h5-8,10H,3-4H2,1-2H3/t5-,6-,7-,8+/m0/s1. The second kappa shape index (κ2) is 3.50. The quantitative estimate of drug-likeness (QED) is 0.656. The summed E-state index contributed by atoms with van der Waals surface area (Å²) in [4.78, 5) is 0. The van der Waals surface area contributed by atoms with Crippen molar-refractivity contribution in [2.24, 2.45) is 11.8 Å². The van der Waals surface area contributed by atoms with Gasteiger partial charge in [0.15, 0.2) is 0 Å². The summed E-state index contributed by atoms with van der Waals surface area (Å²) in [5, 5.41) is 8.81. The van der Waals surface area contributed by atoms with Gasteiger partial charge in [-0.3, -0.25) is 4.39 Å². The Morgan fingerprint density at radius 1 is 1.45 bits per heavy atom. The second-order valence-corrected chi connectivity index (χ2v) is 3.24. The highest BCUT2D eigenvalue weighted by Gasteiger charge is 2.38. The van der Waals surface area contributed by atoms with Crippen LogP contribution >= 0.6 is 0 Å². The Balaban J connectivity index is 2.57. The summed E-state index contributed by atoms with van der Waals surface area (Å²) in [6, 6.07) is 0. The van der Waals surface area contributed by atoms with Gasteiger partial charge in [0, 0.05) is 5.92 Å². The van der Waals surface area contributed by atoms with Gasteiger partial charge < -0.3 is 9.84 Å². The molecule has 0 aromatic rings. The largest absolute Gasteiger partial charge is 0.394 e. The van der Waals surface area contributed by atoms with Gasteiger partial charge in [0.2, 0.25) is 0 Å². The summed E-state index contributed by atoms with van der Waals surface area (Å²) in [6.45, 7) is 3.42. The molecule has 66 valence electrons. The van der Waals surface area contributed by atoms with Crippen molar-refractivity contribution in [3.05, 3.63) is 0 Å². The lowest BCUT2D eigenvalue weighted by Gasteiger charge is -2.14. The van der Waals surface area contributed by atoms with E-state index in [0.29, 0.717) is 0 Å². The first-order valence-electron chi connectivity index (χ1n) is 4.03. The van der Waals surface area contributed by atoms with Crippen LogP contribution in [0.3, 0.4) is 0 Å². The lowest BCUT2D eigenvalue weighted by atomic mass is 9.90. The van der Waals surface area contributed by atoms with Gasteiger partial charge in [-0.2, -0.15) is 0 Å². The molecule has 0 bridgehead atoms. The second-order valence-electron chi connectivity index (χ2n) is 3.24. The van der Waals surface area contributed by atoms with Crippen LogP contribution in [0.1, 0.15) is 13.8 Å². The number of ether oxygens (including phenoxy) is 1. The zero-order valence-corrected chi connectivity index (χ0v) is 6.96. The maximum atomic E-state index is 12.4. The van der Waals surface area contributed by atoms with E-state index in [2.05, 4.69) is 0 Å². The number of aliphatic hydroxyl groups excluding tert-OH is 1. The van der Waals surface area contributed by atoms with E-state index in [0.717, 1.165) is 0 Å². The molecule has 0 radical (unpaired) electrons. The molecule has 0 aromatic carbocycles. The summed E-state index contributed by atoms with van der Waals surface area (Å²) < 4.78 is 17.7. The number of halogens is 1. The van der Waals surface area contributed by atoms with Gasteiger partial charge in [-0.1, -0.05) is 6.92 Å². The fraction of sp³-hybridized carbons (Fsp3) is 1.00. The van der Waals surface area contributed by atoms with Gasteiger partial charge in [-0.25, -0.2) is 0 Å². The predicted octanol–water partition coefficient (Wildman–Crippen LogP) is 0.988.